The Hall–Kier alpha value is -1.59. The number of carbonyl (C=O) groups is 1. The van der Waals surface area contributed by atoms with Crippen LogP contribution in [0.15, 0.2) is 29.0 Å². The van der Waals surface area contributed by atoms with E-state index in [1.165, 1.54) is 0 Å². The molecule has 2 N–H and O–H groups in total. The van der Waals surface area contributed by atoms with Crippen LogP contribution in [0.2, 0.25) is 5.15 Å². The number of hydrogen-bond acceptors (Lipinski definition) is 4. The molecular weight excluding hydrogens is 270 g/mol. The van der Waals surface area contributed by atoms with Crippen molar-refractivity contribution in [2.75, 3.05) is 12.4 Å². The lowest BCUT2D eigenvalue weighted by Crippen LogP contribution is -2.22. The molecule has 1 amide bonds. The molecule has 0 unspecified atom stereocenters. The molecule has 0 spiro atoms. The average Bonchev–Trinajstić information content (AvgIpc) is 2.88. The number of carbonyl (C=O) groups excluding carboxylic acids is 1. The van der Waals surface area contributed by atoms with Gasteiger partial charge in [0.25, 0.3) is 5.91 Å². The monoisotopic (exact) mass is 281 g/mol. The fraction of sp³-hybridized carbons (Fsp3) is 0.167. The van der Waals surface area contributed by atoms with Crippen molar-refractivity contribution in [2.45, 2.75) is 6.54 Å². The maximum absolute atomic E-state index is 11.9. The van der Waals surface area contributed by atoms with Gasteiger partial charge in [-0.3, -0.25) is 4.79 Å². The van der Waals surface area contributed by atoms with Crippen LogP contribution in [0.3, 0.4) is 0 Å². The van der Waals surface area contributed by atoms with Gasteiger partial charge in [0.05, 0.1) is 0 Å². The first-order chi connectivity index (χ1) is 8.69. The van der Waals surface area contributed by atoms with Crippen molar-refractivity contribution in [1.29, 1.82) is 0 Å². The Morgan fingerprint density at radius 3 is 3.00 bits per heavy atom. The van der Waals surface area contributed by atoms with Gasteiger partial charge in [-0.2, -0.15) is 11.3 Å². The molecule has 6 heteroatoms. The van der Waals surface area contributed by atoms with Crippen molar-refractivity contribution in [3.63, 3.8) is 0 Å². The number of nitrogens with zero attached hydrogens (tertiary/aromatic N) is 1. The Kier molecular flexibility index (Phi) is 4.17. The lowest BCUT2D eigenvalue weighted by Gasteiger charge is -2.06. The maximum atomic E-state index is 11.9. The van der Waals surface area contributed by atoms with Gasteiger partial charge in [-0.05, 0) is 34.5 Å². The third kappa shape index (κ3) is 3.21. The zero-order valence-electron chi connectivity index (χ0n) is 9.74. The minimum absolute atomic E-state index is 0.165. The van der Waals surface area contributed by atoms with Crippen molar-refractivity contribution in [2.24, 2.45) is 0 Å². The lowest BCUT2D eigenvalue weighted by molar-refractivity contribution is 0.0951. The molecule has 94 valence electrons. The Morgan fingerprint density at radius 2 is 2.33 bits per heavy atom. The van der Waals surface area contributed by atoms with Crippen molar-refractivity contribution < 1.29 is 4.79 Å². The molecule has 0 aliphatic rings. The number of halogens is 1. The Bertz CT molecular complexity index is 542. The third-order valence-corrected chi connectivity index (χ3v) is 3.27. The SMILES string of the molecule is CNc1cc(C(=O)NCc2ccsc2)cc(Cl)n1. The van der Waals surface area contributed by atoms with Crippen molar-refractivity contribution in [3.8, 4) is 0 Å². The van der Waals surface area contributed by atoms with Gasteiger partial charge < -0.3 is 10.6 Å². The van der Waals surface area contributed by atoms with E-state index in [1.54, 1.807) is 30.5 Å². The summed E-state index contributed by atoms with van der Waals surface area (Å²) in [5.74, 6) is 0.408. The van der Waals surface area contributed by atoms with Crippen LogP contribution in [-0.4, -0.2) is 17.9 Å². The van der Waals surface area contributed by atoms with Crippen molar-refractivity contribution in [1.82, 2.24) is 10.3 Å². The lowest BCUT2D eigenvalue weighted by atomic mass is 10.2. The molecule has 2 aromatic heterocycles. The molecule has 0 aromatic carbocycles. The predicted octanol–water partition coefficient (Wildman–Crippen LogP) is 2.77. The molecule has 0 fully saturated rings. The van der Waals surface area contributed by atoms with Gasteiger partial charge >= 0.3 is 0 Å². The Labute approximate surface area is 114 Å². The number of aromatic nitrogens is 1. The first kappa shape index (κ1) is 12.9. The summed E-state index contributed by atoms with van der Waals surface area (Å²) in [6.45, 7) is 0.511. The number of amides is 1. The van der Waals surface area contributed by atoms with Crippen LogP contribution in [0, 0.1) is 0 Å². The molecule has 0 bridgehead atoms. The number of pyridine rings is 1. The highest BCUT2D eigenvalue weighted by Gasteiger charge is 2.08. The van der Waals surface area contributed by atoms with Gasteiger partial charge in [-0.25, -0.2) is 4.98 Å². The molecule has 4 nitrogen and oxygen atoms in total. The second-order valence-corrected chi connectivity index (χ2v) is 4.80. The van der Waals surface area contributed by atoms with E-state index in [0.717, 1.165) is 5.56 Å². The van der Waals surface area contributed by atoms with Gasteiger partial charge in [-0.15, -0.1) is 0 Å². The van der Waals surface area contributed by atoms with Crippen LogP contribution in [0.1, 0.15) is 15.9 Å². The highest BCUT2D eigenvalue weighted by atomic mass is 35.5. The van der Waals surface area contributed by atoms with Gasteiger partial charge in [0.2, 0.25) is 0 Å². The molecule has 2 rings (SSSR count). The second kappa shape index (κ2) is 5.84. The van der Waals surface area contributed by atoms with Crippen LogP contribution in [-0.2, 0) is 6.54 Å². The minimum Gasteiger partial charge on any atom is -0.373 e. The summed E-state index contributed by atoms with van der Waals surface area (Å²) in [4.78, 5) is 16.0. The standard InChI is InChI=1S/C12H12ClN3OS/c1-14-11-5-9(4-10(13)16-11)12(17)15-6-8-2-3-18-7-8/h2-5,7H,6H2,1H3,(H,14,16)(H,15,17). The number of nitrogens with one attached hydrogen (secondary N) is 2. The average molecular weight is 282 g/mol. The van der Waals surface area contributed by atoms with Crippen LogP contribution in [0.5, 0.6) is 0 Å². The molecule has 0 aliphatic heterocycles. The van der Waals surface area contributed by atoms with Crippen molar-refractivity contribution >= 4 is 34.7 Å². The molecule has 2 heterocycles. The van der Waals surface area contributed by atoms with E-state index in [2.05, 4.69) is 15.6 Å². The molecule has 0 saturated carbocycles. The van der Waals surface area contributed by atoms with E-state index in [4.69, 9.17) is 11.6 Å². The first-order valence-electron chi connectivity index (χ1n) is 5.33. The topological polar surface area (TPSA) is 54.0 Å². The molecule has 0 saturated heterocycles. The van der Waals surface area contributed by atoms with E-state index < -0.39 is 0 Å². The Balaban J connectivity index is 2.06. The quantitative estimate of drug-likeness (QED) is 0.848. The van der Waals surface area contributed by atoms with E-state index in [1.807, 2.05) is 16.8 Å². The number of anilines is 1. The zero-order chi connectivity index (χ0) is 13.0. The fourth-order valence-corrected chi connectivity index (χ4v) is 2.31. The smallest absolute Gasteiger partial charge is 0.251 e. The van der Waals surface area contributed by atoms with E-state index in [9.17, 15) is 4.79 Å². The number of hydrogen-bond donors (Lipinski definition) is 2. The molecule has 18 heavy (non-hydrogen) atoms. The number of rotatable bonds is 4. The fourth-order valence-electron chi connectivity index (χ4n) is 1.43. The van der Waals surface area contributed by atoms with Gasteiger partial charge in [-0.1, -0.05) is 11.6 Å². The normalized spacial score (nSPS) is 10.1. The van der Waals surface area contributed by atoms with E-state index in [-0.39, 0.29) is 5.91 Å². The predicted molar refractivity (Wildman–Crippen MR) is 74.3 cm³/mol. The van der Waals surface area contributed by atoms with Crippen LogP contribution in [0.25, 0.3) is 0 Å². The summed E-state index contributed by atoms with van der Waals surface area (Å²) in [7, 11) is 1.73. The summed E-state index contributed by atoms with van der Waals surface area (Å²) in [6, 6.07) is 5.18. The van der Waals surface area contributed by atoms with E-state index in [0.29, 0.717) is 23.1 Å². The van der Waals surface area contributed by atoms with Crippen LogP contribution >= 0.6 is 22.9 Å². The summed E-state index contributed by atoms with van der Waals surface area (Å²) in [5.41, 5.74) is 1.58. The Morgan fingerprint density at radius 1 is 1.50 bits per heavy atom. The van der Waals surface area contributed by atoms with Gasteiger partial charge in [0, 0.05) is 19.2 Å². The first-order valence-corrected chi connectivity index (χ1v) is 6.65. The van der Waals surface area contributed by atoms with Gasteiger partial charge in [0.15, 0.2) is 0 Å². The maximum Gasteiger partial charge on any atom is 0.251 e. The third-order valence-electron chi connectivity index (χ3n) is 2.35. The van der Waals surface area contributed by atoms with Crippen molar-refractivity contribution in [3.05, 3.63) is 45.2 Å². The molecule has 0 radical (unpaired) electrons. The second-order valence-electron chi connectivity index (χ2n) is 3.63. The summed E-state index contributed by atoms with van der Waals surface area (Å²) < 4.78 is 0. The number of thiophene rings is 1. The largest absolute Gasteiger partial charge is 0.373 e. The summed E-state index contributed by atoms with van der Waals surface area (Å²) in [5, 5.41) is 9.96. The highest BCUT2D eigenvalue weighted by molar-refractivity contribution is 7.07. The summed E-state index contributed by atoms with van der Waals surface area (Å²) in [6.07, 6.45) is 0. The molecular formula is C12H12ClN3OS. The molecule has 0 aliphatic carbocycles. The zero-order valence-corrected chi connectivity index (χ0v) is 11.3. The van der Waals surface area contributed by atoms with Crippen LogP contribution < -0.4 is 10.6 Å². The van der Waals surface area contributed by atoms with Gasteiger partial charge in [0.1, 0.15) is 11.0 Å². The highest BCUT2D eigenvalue weighted by Crippen LogP contribution is 2.14. The van der Waals surface area contributed by atoms with Crippen LogP contribution in [0.4, 0.5) is 5.82 Å². The van der Waals surface area contributed by atoms with E-state index >= 15 is 0 Å². The molecule has 2 aromatic rings. The minimum atomic E-state index is -0.165. The molecule has 0 atom stereocenters. The summed E-state index contributed by atoms with van der Waals surface area (Å²) >= 11 is 7.45.